The van der Waals surface area contributed by atoms with Crippen LogP contribution in [0, 0.1) is 5.92 Å². The van der Waals surface area contributed by atoms with E-state index in [0.717, 1.165) is 5.56 Å². The molecule has 2 aliphatic rings. The maximum absolute atomic E-state index is 13.5. The van der Waals surface area contributed by atoms with Gasteiger partial charge in [0, 0.05) is 35.8 Å². The molecular weight excluding hydrogens is 406 g/mol. The van der Waals surface area contributed by atoms with Gasteiger partial charge in [-0.2, -0.15) is 0 Å². The van der Waals surface area contributed by atoms with Gasteiger partial charge in [-0.15, -0.1) is 0 Å². The Kier molecular flexibility index (Phi) is 5.19. The molecule has 0 aliphatic carbocycles. The zero-order chi connectivity index (χ0) is 22.1. The van der Waals surface area contributed by atoms with Crippen LogP contribution >= 0.6 is 0 Å². The number of anilines is 1. The van der Waals surface area contributed by atoms with Crippen molar-refractivity contribution in [3.05, 3.63) is 89.5 Å². The summed E-state index contributed by atoms with van der Waals surface area (Å²) in [6.45, 7) is 0.130. The number of fused-ring (bicyclic) bond motifs is 2. The number of amides is 1. The minimum atomic E-state index is -0.654. The molecule has 6 nitrogen and oxygen atoms in total. The summed E-state index contributed by atoms with van der Waals surface area (Å²) in [5.74, 6) is -0.448. The van der Waals surface area contributed by atoms with Gasteiger partial charge in [-0.3, -0.25) is 14.4 Å². The van der Waals surface area contributed by atoms with Gasteiger partial charge in [0.2, 0.25) is 12.7 Å². The molecule has 3 aromatic rings. The third-order valence-corrected chi connectivity index (χ3v) is 6.02. The van der Waals surface area contributed by atoms with E-state index in [2.05, 4.69) is 5.32 Å². The smallest absolute Gasteiger partial charge is 0.231 e. The molecule has 0 fully saturated rings. The van der Waals surface area contributed by atoms with Crippen molar-refractivity contribution in [2.24, 2.45) is 5.92 Å². The number of benzene rings is 3. The molecule has 2 aliphatic heterocycles. The lowest BCUT2D eigenvalue weighted by atomic mass is 9.76. The van der Waals surface area contributed by atoms with Gasteiger partial charge in [0.1, 0.15) is 0 Å². The molecule has 32 heavy (non-hydrogen) atoms. The van der Waals surface area contributed by atoms with Gasteiger partial charge < -0.3 is 14.8 Å². The summed E-state index contributed by atoms with van der Waals surface area (Å²) in [6, 6.07) is 21.5. The predicted octanol–water partition coefficient (Wildman–Crippen LogP) is 4.61. The maximum atomic E-state index is 13.5. The average Bonchev–Trinajstić information content (AvgIpc) is 3.25. The molecule has 0 radical (unpaired) electrons. The van der Waals surface area contributed by atoms with Gasteiger partial charge in [0.05, 0.1) is 5.69 Å². The lowest BCUT2D eigenvalue weighted by Gasteiger charge is -2.25. The largest absolute Gasteiger partial charge is 0.454 e. The third-order valence-electron chi connectivity index (χ3n) is 6.02. The number of ketones is 2. The molecule has 0 saturated carbocycles. The van der Waals surface area contributed by atoms with Gasteiger partial charge in [-0.05, 0) is 35.9 Å². The van der Waals surface area contributed by atoms with Crippen LogP contribution in [0.25, 0.3) is 0 Å². The van der Waals surface area contributed by atoms with E-state index in [-0.39, 0.29) is 37.1 Å². The van der Waals surface area contributed by atoms with Crippen LogP contribution in [0.2, 0.25) is 0 Å². The number of carbonyl (C=O) groups is 3. The first-order valence-electron chi connectivity index (χ1n) is 10.5. The Hall–Kier alpha value is -3.93. The molecule has 0 bridgehead atoms. The van der Waals surface area contributed by atoms with Crippen molar-refractivity contribution in [2.75, 3.05) is 12.1 Å². The van der Waals surface area contributed by atoms with Gasteiger partial charge in [0.15, 0.2) is 23.1 Å². The van der Waals surface area contributed by atoms with E-state index in [9.17, 15) is 14.4 Å². The Labute approximate surface area is 185 Å². The van der Waals surface area contributed by atoms with Crippen LogP contribution in [-0.2, 0) is 4.79 Å². The summed E-state index contributed by atoms with van der Waals surface area (Å²) in [6.07, 6.45) is 0.108. The normalized spacial score (nSPS) is 17.8. The standard InChI is InChI=1S/C26H21NO5/c28-22(17-10-11-23-24(12-17)32-15-31-23)13-19(16-6-2-1-3-7-16)20-14-25(29)27-21-9-5-4-8-18(21)26(20)30/h1-12,19-20H,13-15H2,(H,27,29). The van der Waals surface area contributed by atoms with E-state index >= 15 is 0 Å². The Balaban J connectivity index is 1.51. The SMILES string of the molecule is O=C1CC(C(CC(=O)c2ccc3c(c2)OCO3)c2ccccc2)C(=O)c2ccccc2N1. The van der Waals surface area contributed by atoms with Crippen molar-refractivity contribution in [1.82, 2.24) is 0 Å². The van der Waals surface area contributed by atoms with Crippen molar-refractivity contribution in [3.63, 3.8) is 0 Å². The molecule has 2 unspecified atom stereocenters. The van der Waals surface area contributed by atoms with Crippen LogP contribution in [0.5, 0.6) is 11.5 Å². The van der Waals surface area contributed by atoms with Crippen LogP contribution < -0.4 is 14.8 Å². The number of hydrogen-bond acceptors (Lipinski definition) is 5. The second kappa shape index (κ2) is 8.30. The first-order chi connectivity index (χ1) is 15.6. The predicted molar refractivity (Wildman–Crippen MR) is 118 cm³/mol. The van der Waals surface area contributed by atoms with Gasteiger partial charge in [-0.25, -0.2) is 0 Å². The minimum absolute atomic E-state index is 0.0154. The number of Topliss-reactive ketones (excluding diaryl/α,β-unsaturated/α-hetero) is 2. The summed E-state index contributed by atoms with van der Waals surface area (Å²) in [4.78, 5) is 39.5. The zero-order valence-corrected chi connectivity index (χ0v) is 17.2. The second-order valence-electron chi connectivity index (χ2n) is 7.98. The molecule has 160 valence electrons. The number of para-hydroxylation sites is 1. The topological polar surface area (TPSA) is 81.7 Å². The summed E-state index contributed by atoms with van der Waals surface area (Å²) in [5, 5.41) is 2.83. The zero-order valence-electron chi connectivity index (χ0n) is 17.2. The van der Waals surface area contributed by atoms with Crippen LogP contribution in [0.15, 0.2) is 72.8 Å². The van der Waals surface area contributed by atoms with Crippen LogP contribution in [-0.4, -0.2) is 24.3 Å². The summed E-state index contributed by atoms with van der Waals surface area (Å²) < 4.78 is 10.7. The third kappa shape index (κ3) is 3.75. The van der Waals surface area contributed by atoms with Crippen molar-refractivity contribution >= 4 is 23.2 Å². The molecular formula is C26H21NO5. The highest BCUT2D eigenvalue weighted by Crippen LogP contribution is 2.38. The van der Waals surface area contributed by atoms with Gasteiger partial charge >= 0.3 is 0 Å². The molecule has 0 saturated heterocycles. The van der Waals surface area contributed by atoms with E-state index < -0.39 is 11.8 Å². The summed E-state index contributed by atoms with van der Waals surface area (Å²) in [7, 11) is 0. The fourth-order valence-electron chi connectivity index (χ4n) is 4.41. The first-order valence-corrected chi connectivity index (χ1v) is 10.5. The molecule has 0 spiro atoms. The highest BCUT2D eigenvalue weighted by molar-refractivity contribution is 6.11. The Morgan fingerprint density at radius 3 is 2.53 bits per heavy atom. The fourth-order valence-corrected chi connectivity index (χ4v) is 4.41. The van der Waals surface area contributed by atoms with Crippen molar-refractivity contribution in [2.45, 2.75) is 18.8 Å². The summed E-state index contributed by atoms with van der Waals surface area (Å²) in [5.41, 5.74) is 2.33. The average molecular weight is 427 g/mol. The minimum Gasteiger partial charge on any atom is -0.454 e. The highest BCUT2D eigenvalue weighted by atomic mass is 16.7. The van der Waals surface area contributed by atoms with E-state index in [0.29, 0.717) is 28.3 Å². The molecule has 5 rings (SSSR count). The summed E-state index contributed by atoms with van der Waals surface area (Å²) >= 11 is 0. The van der Waals surface area contributed by atoms with E-state index in [1.165, 1.54) is 0 Å². The van der Waals surface area contributed by atoms with Crippen LogP contribution in [0.4, 0.5) is 5.69 Å². The van der Waals surface area contributed by atoms with Crippen LogP contribution in [0.3, 0.4) is 0 Å². The molecule has 2 heterocycles. The Morgan fingerprint density at radius 2 is 1.69 bits per heavy atom. The molecule has 2 atom stereocenters. The molecule has 0 aromatic heterocycles. The van der Waals surface area contributed by atoms with Gasteiger partial charge in [-0.1, -0.05) is 42.5 Å². The van der Waals surface area contributed by atoms with E-state index in [1.54, 1.807) is 42.5 Å². The maximum Gasteiger partial charge on any atom is 0.231 e. The number of nitrogens with one attached hydrogen (secondary N) is 1. The number of ether oxygens (including phenoxy) is 2. The fraction of sp³-hybridized carbons (Fsp3) is 0.192. The first kappa shape index (κ1) is 20.0. The number of rotatable bonds is 5. The Morgan fingerprint density at radius 1 is 0.938 bits per heavy atom. The Bertz CT molecular complexity index is 1200. The molecule has 3 aromatic carbocycles. The molecule has 1 N–H and O–H groups in total. The molecule has 6 heteroatoms. The van der Waals surface area contributed by atoms with Crippen LogP contribution in [0.1, 0.15) is 45.0 Å². The van der Waals surface area contributed by atoms with E-state index in [1.807, 2.05) is 30.3 Å². The second-order valence-corrected chi connectivity index (χ2v) is 7.98. The van der Waals surface area contributed by atoms with E-state index in [4.69, 9.17) is 9.47 Å². The lowest BCUT2D eigenvalue weighted by molar-refractivity contribution is -0.116. The van der Waals surface area contributed by atoms with Crippen molar-refractivity contribution < 1.29 is 23.9 Å². The van der Waals surface area contributed by atoms with Crippen molar-refractivity contribution in [1.29, 1.82) is 0 Å². The van der Waals surface area contributed by atoms with Crippen molar-refractivity contribution in [3.8, 4) is 11.5 Å². The quantitative estimate of drug-likeness (QED) is 0.601. The lowest BCUT2D eigenvalue weighted by Crippen LogP contribution is -2.26. The molecule has 1 amide bonds. The number of hydrogen-bond donors (Lipinski definition) is 1. The van der Waals surface area contributed by atoms with Gasteiger partial charge in [0.25, 0.3) is 0 Å². The monoisotopic (exact) mass is 427 g/mol. The number of carbonyl (C=O) groups excluding carboxylic acids is 3. The highest BCUT2D eigenvalue weighted by Gasteiger charge is 2.37.